The Labute approximate surface area is 136 Å². The van der Waals surface area contributed by atoms with E-state index in [0.717, 1.165) is 36.2 Å². The lowest BCUT2D eigenvalue weighted by Gasteiger charge is -2.35. The van der Waals surface area contributed by atoms with Gasteiger partial charge >= 0.3 is 0 Å². The van der Waals surface area contributed by atoms with E-state index in [4.69, 9.17) is 5.73 Å². The van der Waals surface area contributed by atoms with Crippen LogP contribution in [0.2, 0.25) is 0 Å². The molecule has 1 atom stereocenters. The third-order valence-electron chi connectivity index (χ3n) is 3.80. The monoisotopic (exact) mass is 367 g/mol. The first-order valence-electron chi connectivity index (χ1n) is 6.93. The van der Waals surface area contributed by atoms with Crippen LogP contribution >= 0.6 is 27.3 Å². The highest BCUT2D eigenvalue weighted by molar-refractivity contribution is 9.10. The van der Waals surface area contributed by atoms with E-state index in [1.165, 1.54) is 4.88 Å². The molecule has 0 bridgehead atoms. The Kier molecular flexibility index (Phi) is 4.49. The summed E-state index contributed by atoms with van der Waals surface area (Å²) in [5, 5.41) is 15.9. The standard InChI is InChI=1S/C15H18BrN3OS/c16-10-3-4-11(17)15(20)13(10)14(12-2-1-9-21-12)19-7-5-18-6-8-19/h1-4,9,14,18,20H,5-8,17H2/t14-/m0/s1. The van der Waals surface area contributed by atoms with Gasteiger partial charge in [-0.2, -0.15) is 0 Å². The molecule has 0 unspecified atom stereocenters. The van der Waals surface area contributed by atoms with Crippen molar-refractivity contribution in [2.24, 2.45) is 0 Å². The molecule has 0 aliphatic carbocycles. The van der Waals surface area contributed by atoms with Crippen LogP contribution in [0.5, 0.6) is 5.75 Å². The Bertz CT molecular complexity index is 612. The first-order valence-corrected chi connectivity index (χ1v) is 8.60. The van der Waals surface area contributed by atoms with Crippen molar-refractivity contribution in [3.05, 3.63) is 44.6 Å². The number of phenols is 1. The maximum absolute atomic E-state index is 10.5. The van der Waals surface area contributed by atoms with Gasteiger partial charge in [0.05, 0.1) is 11.7 Å². The lowest BCUT2D eigenvalue weighted by Crippen LogP contribution is -2.45. The van der Waals surface area contributed by atoms with Crippen molar-refractivity contribution in [3.63, 3.8) is 0 Å². The Morgan fingerprint density at radius 1 is 1.29 bits per heavy atom. The summed E-state index contributed by atoms with van der Waals surface area (Å²) in [6.07, 6.45) is 0. The SMILES string of the molecule is Nc1ccc(Br)c([C@H](c2cccs2)N2CCNCC2)c1O. The van der Waals surface area contributed by atoms with Crippen LogP contribution in [-0.2, 0) is 0 Å². The third-order valence-corrected chi connectivity index (χ3v) is 5.41. The molecule has 4 nitrogen and oxygen atoms in total. The largest absolute Gasteiger partial charge is 0.505 e. The van der Waals surface area contributed by atoms with E-state index in [2.05, 4.69) is 37.6 Å². The number of nitrogen functional groups attached to an aromatic ring is 1. The fourth-order valence-electron chi connectivity index (χ4n) is 2.75. The summed E-state index contributed by atoms with van der Waals surface area (Å²) in [6.45, 7) is 3.82. The summed E-state index contributed by atoms with van der Waals surface area (Å²) in [5.74, 6) is 0.182. The van der Waals surface area contributed by atoms with Crippen LogP contribution in [0.15, 0.2) is 34.1 Å². The molecule has 2 heterocycles. The molecule has 0 saturated carbocycles. The van der Waals surface area contributed by atoms with Gasteiger partial charge in [-0.3, -0.25) is 4.90 Å². The molecular formula is C15H18BrN3OS. The molecule has 6 heteroatoms. The van der Waals surface area contributed by atoms with E-state index in [-0.39, 0.29) is 11.8 Å². The second-order valence-corrected chi connectivity index (χ2v) is 6.94. The second kappa shape index (κ2) is 6.36. The summed E-state index contributed by atoms with van der Waals surface area (Å²) in [4.78, 5) is 3.61. The minimum Gasteiger partial charge on any atom is -0.505 e. The highest BCUT2D eigenvalue weighted by atomic mass is 79.9. The molecule has 1 aromatic carbocycles. The van der Waals surface area contributed by atoms with Crippen molar-refractivity contribution in [3.8, 4) is 5.75 Å². The molecule has 1 saturated heterocycles. The lowest BCUT2D eigenvalue weighted by atomic mass is 10.0. The van der Waals surface area contributed by atoms with Gasteiger partial charge in [0.15, 0.2) is 0 Å². The van der Waals surface area contributed by atoms with Gasteiger partial charge in [0.2, 0.25) is 0 Å². The smallest absolute Gasteiger partial charge is 0.144 e. The van der Waals surface area contributed by atoms with E-state index in [1.54, 1.807) is 17.4 Å². The van der Waals surface area contributed by atoms with Gasteiger partial charge in [-0.25, -0.2) is 0 Å². The van der Waals surface area contributed by atoms with Gasteiger partial charge in [0.1, 0.15) is 5.75 Å². The maximum atomic E-state index is 10.5. The van der Waals surface area contributed by atoms with Gasteiger partial charge < -0.3 is 16.2 Å². The number of aromatic hydroxyl groups is 1. The van der Waals surface area contributed by atoms with Gasteiger partial charge in [0, 0.05) is 41.1 Å². The first kappa shape index (κ1) is 14.8. The normalized spacial score (nSPS) is 17.8. The van der Waals surface area contributed by atoms with E-state index in [1.807, 2.05) is 12.1 Å². The Hall–Kier alpha value is -1.08. The minimum absolute atomic E-state index is 0.0324. The predicted molar refractivity (Wildman–Crippen MR) is 90.8 cm³/mol. The van der Waals surface area contributed by atoms with Crippen molar-refractivity contribution in [1.29, 1.82) is 0 Å². The molecule has 1 aromatic heterocycles. The summed E-state index contributed by atoms with van der Waals surface area (Å²) < 4.78 is 0.895. The van der Waals surface area contributed by atoms with Crippen molar-refractivity contribution in [2.75, 3.05) is 31.9 Å². The quantitative estimate of drug-likeness (QED) is 0.576. The van der Waals surface area contributed by atoms with Gasteiger partial charge in [-0.05, 0) is 23.6 Å². The fourth-order valence-corrected chi connectivity index (χ4v) is 4.16. The molecule has 0 radical (unpaired) electrons. The number of phenolic OH excluding ortho intramolecular Hbond substituents is 1. The van der Waals surface area contributed by atoms with Crippen LogP contribution in [-0.4, -0.2) is 36.2 Å². The summed E-state index contributed by atoms with van der Waals surface area (Å²) in [7, 11) is 0. The fraction of sp³-hybridized carbons (Fsp3) is 0.333. The Morgan fingerprint density at radius 3 is 2.71 bits per heavy atom. The van der Waals surface area contributed by atoms with E-state index < -0.39 is 0 Å². The topological polar surface area (TPSA) is 61.5 Å². The summed E-state index contributed by atoms with van der Waals surface area (Å²) in [5.41, 5.74) is 7.19. The predicted octanol–water partition coefficient (Wildman–Crippen LogP) is 2.79. The highest BCUT2D eigenvalue weighted by Crippen LogP contribution is 2.43. The number of piperazine rings is 1. The Morgan fingerprint density at radius 2 is 2.05 bits per heavy atom. The van der Waals surface area contributed by atoms with Crippen molar-refractivity contribution >= 4 is 33.0 Å². The number of nitrogens with one attached hydrogen (secondary N) is 1. The number of hydrogen-bond acceptors (Lipinski definition) is 5. The number of rotatable bonds is 3. The number of thiophene rings is 1. The molecule has 1 fully saturated rings. The van der Waals surface area contributed by atoms with Crippen LogP contribution in [0.25, 0.3) is 0 Å². The zero-order chi connectivity index (χ0) is 14.8. The highest BCUT2D eigenvalue weighted by Gasteiger charge is 2.29. The summed E-state index contributed by atoms with van der Waals surface area (Å²) >= 11 is 5.29. The molecule has 21 heavy (non-hydrogen) atoms. The molecule has 0 spiro atoms. The van der Waals surface area contributed by atoms with Crippen LogP contribution in [0, 0.1) is 0 Å². The molecule has 2 aromatic rings. The van der Waals surface area contributed by atoms with Crippen molar-refractivity contribution in [2.45, 2.75) is 6.04 Å². The van der Waals surface area contributed by atoms with E-state index >= 15 is 0 Å². The average molecular weight is 368 g/mol. The number of nitrogens with two attached hydrogens (primary N) is 1. The molecule has 3 rings (SSSR count). The maximum Gasteiger partial charge on any atom is 0.144 e. The second-order valence-electron chi connectivity index (χ2n) is 5.10. The van der Waals surface area contributed by atoms with Crippen LogP contribution < -0.4 is 11.1 Å². The number of anilines is 1. The van der Waals surface area contributed by atoms with E-state index in [0.29, 0.717) is 5.69 Å². The number of nitrogens with zero attached hydrogens (tertiary/aromatic N) is 1. The zero-order valence-electron chi connectivity index (χ0n) is 11.6. The molecule has 0 amide bonds. The molecule has 1 aliphatic heterocycles. The third kappa shape index (κ3) is 2.94. The van der Waals surface area contributed by atoms with Gasteiger partial charge in [-0.1, -0.05) is 22.0 Å². The lowest BCUT2D eigenvalue weighted by molar-refractivity contribution is 0.197. The first-order chi connectivity index (χ1) is 10.2. The summed E-state index contributed by atoms with van der Waals surface area (Å²) in [6, 6.07) is 7.84. The van der Waals surface area contributed by atoms with Gasteiger partial charge in [0.25, 0.3) is 0 Å². The van der Waals surface area contributed by atoms with E-state index in [9.17, 15) is 5.11 Å². The van der Waals surface area contributed by atoms with Crippen molar-refractivity contribution < 1.29 is 5.11 Å². The number of halogens is 1. The van der Waals surface area contributed by atoms with Crippen LogP contribution in [0.4, 0.5) is 5.69 Å². The number of hydrogen-bond donors (Lipinski definition) is 3. The van der Waals surface area contributed by atoms with Crippen molar-refractivity contribution in [1.82, 2.24) is 10.2 Å². The zero-order valence-corrected chi connectivity index (χ0v) is 14.0. The van der Waals surface area contributed by atoms with Crippen LogP contribution in [0.1, 0.15) is 16.5 Å². The minimum atomic E-state index is 0.0324. The Balaban J connectivity index is 2.09. The van der Waals surface area contributed by atoms with Gasteiger partial charge in [-0.15, -0.1) is 11.3 Å². The molecule has 4 N–H and O–H groups in total. The average Bonchev–Trinajstić information content (AvgIpc) is 3.02. The molecular weight excluding hydrogens is 350 g/mol. The molecule has 1 aliphatic rings. The molecule has 112 valence electrons. The van der Waals surface area contributed by atoms with Crippen LogP contribution in [0.3, 0.4) is 0 Å². The number of benzene rings is 1.